The highest BCUT2D eigenvalue weighted by Gasteiger charge is 2.36. The first-order valence-electron chi connectivity index (χ1n) is 11.9. The summed E-state index contributed by atoms with van der Waals surface area (Å²) in [6, 6.07) is 15.5. The zero-order valence-electron chi connectivity index (χ0n) is 19.8. The molecule has 192 valence electrons. The molecule has 2 heterocycles. The predicted molar refractivity (Wildman–Crippen MR) is 130 cm³/mol. The van der Waals surface area contributed by atoms with Gasteiger partial charge in [0.2, 0.25) is 10.0 Å². The van der Waals surface area contributed by atoms with Gasteiger partial charge in [-0.1, -0.05) is 42.5 Å². The molecule has 2 aromatic rings. The molecular formula is C25H29N3O7S. The maximum Gasteiger partial charge on any atom is 0.410 e. The van der Waals surface area contributed by atoms with Crippen LogP contribution in [0.2, 0.25) is 0 Å². The fourth-order valence-electron chi connectivity index (χ4n) is 4.24. The molecule has 0 spiro atoms. The second-order valence-electron chi connectivity index (χ2n) is 8.77. The van der Waals surface area contributed by atoms with Gasteiger partial charge in [0, 0.05) is 26.2 Å². The van der Waals surface area contributed by atoms with E-state index in [9.17, 15) is 22.8 Å². The highest BCUT2D eigenvalue weighted by Crippen LogP contribution is 2.22. The van der Waals surface area contributed by atoms with Crippen LogP contribution in [-0.2, 0) is 37.4 Å². The minimum atomic E-state index is -4.00. The molecule has 1 fully saturated rings. The molecule has 10 nitrogen and oxygen atoms in total. The molecular weight excluding hydrogens is 486 g/mol. The van der Waals surface area contributed by atoms with E-state index in [1.807, 2.05) is 29.7 Å². The fraction of sp³-hybridized carbons (Fsp3) is 0.400. The number of piperidine rings is 1. The Labute approximate surface area is 210 Å². The molecule has 0 bridgehead atoms. The summed E-state index contributed by atoms with van der Waals surface area (Å²) in [6.45, 7) is 1.34. The van der Waals surface area contributed by atoms with E-state index >= 15 is 0 Å². The number of ether oxygens (including phenoxy) is 1. The van der Waals surface area contributed by atoms with Gasteiger partial charge in [-0.2, -0.15) is 9.79 Å². The van der Waals surface area contributed by atoms with Gasteiger partial charge in [-0.3, -0.25) is 4.79 Å². The Balaban J connectivity index is 1.46. The highest BCUT2D eigenvalue weighted by atomic mass is 32.2. The lowest BCUT2D eigenvalue weighted by atomic mass is 10.0. The van der Waals surface area contributed by atoms with Gasteiger partial charge < -0.3 is 14.5 Å². The molecule has 36 heavy (non-hydrogen) atoms. The van der Waals surface area contributed by atoms with Crippen LogP contribution in [0.5, 0.6) is 0 Å². The normalized spacial score (nSPS) is 16.9. The molecule has 11 heteroatoms. The van der Waals surface area contributed by atoms with Gasteiger partial charge in [0.1, 0.15) is 5.75 Å². The number of hydrogen-bond donors (Lipinski definition) is 1. The highest BCUT2D eigenvalue weighted by molar-refractivity contribution is 7.89. The molecule has 1 atom stereocenters. The van der Waals surface area contributed by atoms with Crippen LogP contribution in [0.25, 0.3) is 0 Å². The van der Waals surface area contributed by atoms with Crippen molar-refractivity contribution in [1.29, 1.82) is 0 Å². The van der Waals surface area contributed by atoms with Crippen LogP contribution in [0.4, 0.5) is 4.79 Å². The molecule has 2 aliphatic heterocycles. The van der Waals surface area contributed by atoms with Crippen molar-refractivity contribution in [3.05, 3.63) is 71.3 Å². The van der Waals surface area contributed by atoms with Crippen LogP contribution >= 0.6 is 0 Å². The number of nitrogens with zero attached hydrogens (tertiary/aromatic N) is 2. The summed E-state index contributed by atoms with van der Waals surface area (Å²) in [7, 11) is -4.00. The Morgan fingerprint density at radius 2 is 1.56 bits per heavy atom. The predicted octanol–water partition coefficient (Wildman–Crippen LogP) is 2.25. The molecule has 2 aromatic carbocycles. The zero-order valence-corrected chi connectivity index (χ0v) is 20.6. The van der Waals surface area contributed by atoms with Crippen molar-refractivity contribution in [1.82, 2.24) is 14.7 Å². The number of hydrogen-bond acceptors (Lipinski definition) is 7. The van der Waals surface area contributed by atoms with Crippen LogP contribution in [0.3, 0.4) is 0 Å². The van der Waals surface area contributed by atoms with Crippen LogP contribution in [-0.4, -0.2) is 67.1 Å². The first-order valence-corrected chi connectivity index (χ1v) is 13.5. The smallest absolute Gasteiger partial charge is 0.410 e. The summed E-state index contributed by atoms with van der Waals surface area (Å²) in [6.07, 6.45) is 0.634. The van der Waals surface area contributed by atoms with Crippen molar-refractivity contribution in [3.8, 4) is 0 Å². The number of rotatable bonds is 6. The molecule has 4 rings (SSSR count). The zero-order chi connectivity index (χ0) is 25.5. The van der Waals surface area contributed by atoms with E-state index in [2.05, 4.69) is 0 Å². The number of hydroxylamine groups is 1. The van der Waals surface area contributed by atoms with Gasteiger partial charge >= 0.3 is 12.1 Å². The third-order valence-corrected chi connectivity index (χ3v) is 8.08. The Morgan fingerprint density at radius 3 is 2.28 bits per heavy atom. The fourth-order valence-corrected chi connectivity index (χ4v) is 5.75. The molecule has 1 saturated heterocycles. The molecule has 0 saturated carbocycles. The molecule has 2 aliphatic rings. The largest absolute Gasteiger partial charge is 0.435 e. The number of amides is 2. The number of carbonyl (C=O) groups is 3. The summed E-state index contributed by atoms with van der Waals surface area (Å²) in [4.78, 5) is 44.1. The molecule has 1 unspecified atom stereocenters. The van der Waals surface area contributed by atoms with Crippen molar-refractivity contribution in [2.75, 3.05) is 25.4 Å². The summed E-state index contributed by atoms with van der Waals surface area (Å²) < 4.78 is 33.2. The third kappa shape index (κ3) is 6.41. The minimum Gasteiger partial charge on any atom is -0.435 e. The van der Waals surface area contributed by atoms with E-state index in [1.54, 1.807) is 18.2 Å². The first kappa shape index (κ1) is 25.6. The standard InChI is InChI=1S/C25H29N3O7S/c29-23(26-35-24(30)20-10-3-1-4-11-20)22(34-25(31)27-14-7-2-8-15-27)18-36(32,33)28-16-13-19-9-5-6-12-21(19)17-28/h1,3-6,9-12,22H,2,7-8,13-18H2,(H,26,29). The Kier molecular flexibility index (Phi) is 8.21. The second-order valence-corrected chi connectivity index (χ2v) is 10.8. The van der Waals surface area contributed by atoms with Crippen LogP contribution in [0, 0.1) is 0 Å². The molecule has 0 aromatic heterocycles. The van der Waals surface area contributed by atoms with Crippen molar-refractivity contribution >= 4 is 28.0 Å². The number of nitrogens with one attached hydrogen (secondary N) is 1. The van der Waals surface area contributed by atoms with E-state index in [0.29, 0.717) is 19.5 Å². The summed E-state index contributed by atoms with van der Waals surface area (Å²) in [5, 5.41) is 0. The van der Waals surface area contributed by atoms with Gasteiger partial charge in [0.25, 0.3) is 5.91 Å². The van der Waals surface area contributed by atoms with E-state index in [-0.39, 0.29) is 18.7 Å². The Hall–Kier alpha value is -3.44. The van der Waals surface area contributed by atoms with Crippen LogP contribution in [0.15, 0.2) is 54.6 Å². The van der Waals surface area contributed by atoms with Crippen molar-refractivity contribution in [2.45, 2.75) is 38.3 Å². The number of sulfonamides is 1. The summed E-state index contributed by atoms with van der Waals surface area (Å²) >= 11 is 0. The molecule has 0 radical (unpaired) electrons. The van der Waals surface area contributed by atoms with Gasteiger partial charge in [-0.15, -0.1) is 0 Å². The van der Waals surface area contributed by atoms with Gasteiger partial charge in [-0.25, -0.2) is 18.0 Å². The third-order valence-electron chi connectivity index (χ3n) is 6.25. The van der Waals surface area contributed by atoms with Crippen molar-refractivity contribution in [3.63, 3.8) is 0 Å². The van der Waals surface area contributed by atoms with Gasteiger partial charge in [0.05, 0.1) is 5.56 Å². The van der Waals surface area contributed by atoms with Gasteiger partial charge in [0.15, 0.2) is 6.10 Å². The molecule has 2 amide bonds. The maximum absolute atomic E-state index is 13.3. The van der Waals surface area contributed by atoms with Crippen LogP contribution < -0.4 is 5.48 Å². The minimum absolute atomic E-state index is 0.163. The van der Waals surface area contributed by atoms with Crippen molar-refractivity contribution < 1.29 is 32.4 Å². The number of likely N-dealkylation sites (tertiary alicyclic amines) is 1. The SMILES string of the molecule is O=C(ONC(=O)C(CS(=O)(=O)N1CCc2ccccc2C1)OC(=O)N1CCCCC1)c1ccccc1. The first-order chi connectivity index (χ1) is 17.3. The lowest BCUT2D eigenvalue weighted by Gasteiger charge is -2.30. The molecule has 1 N–H and O–H groups in total. The number of carbonyl (C=O) groups excluding carboxylic acids is 3. The van der Waals surface area contributed by atoms with E-state index in [4.69, 9.17) is 9.57 Å². The maximum atomic E-state index is 13.3. The van der Waals surface area contributed by atoms with E-state index in [0.717, 1.165) is 30.4 Å². The topological polar surface area (TPSA) is 122 Å². The van der Waals surface area contributed by atoms with Crippen LogP contribution in [0.1, 0.15) is 40.7 Å². The van der Waals surface area contributed by atoms with E-state index < -0.39 is 39.8 Å². The average molecular weight is 516 g/mol. The lowest BCUT2D eigenvalue weighted by Crippen LogP contribution is -2.49. The second kappa shape index (κ2) is 11.5. The molecule has 0 aliphatic carbocycles. The lowest BCUT2D eigenvalue weighted by molar-refractivity contribution is -0.138. The summed E-state index contributed by atoms with van der Waals surface area (Å²) in [5.41, 5.74) is 4.11. The quantitative estimate of drug-likeness (QED) is 0.586. The van der Waals surface area contributed by atoms with Crippen molar-refractivity contribution in [2.24, 2.45) is 0 Å². The number of benzene rings is 2. The Morgan fingerprint density at radius 1 is 0.889 bits per heavy atom. The van der Waals surface area contributed by atoms with E-state index in [1.165, 1.54) is 21.3 Å². The average Bonchev–Trinajstić information content (AvgIpc) is 2.91. The van der Waals surface area contributed by atoms with Gasteiger partial charge in [-0.05, 0) is 48.9 Å². The monoisotopic (exact) mass is 515 g/mol. The Bertz CT molecular complexity index is 1200. The number of fused-ring (bicyclic) bond motifs is 1. The summed E-state index contributed by atoms with van der Waals surface area (Å²) in [5.74, 6) is -2.64.